The molecule has 94 valence electrons. The van der Waals surface area contributed by atoms with Gasteiger partial charge in [0.1, 0.15) is 11.8 Å². The van der Waals surface area contributed by atoms with Crippen LogP contribution in [0.25, 0.3) is 0 Å². The van der Waals surface area contributed by atoms with Crippen molar-refractivity contribution in [1.82, 2.24) is 10.3 Å². The van der Waals surface area contributed by atoms with Crippen LogP contribution in [-0.4, -0.2) is 10.9 Å². The van der Waals surface area contributed by atoms with Crippen LogP contribution in [-0.2, 0) is 6.54 Å². The number of benzene rings is 1. The number of nitrogens with one attached hydrogen (secondary N) is 1. The van der Waals surface area contributed by atoms with E-state index in [0.29, 0.717) is 17.8 Å². The van der Waals surface area contributed by atoms with Gasteiger partial charge >= 0.3 is 0 Å². The van der Waals surface area contributed by atoms with Crippen LogP contribution in [0.15, 0.2) is 42.6 Å². The molecule has 0 aliphatic rings. The van der Waals surface area contributed by atoms with E-state index in [1.807, 2.05) is 37.3 Å². The van der Waals surface area contributed by atoms with Crippen LogP contribution in [0.1, 0.15) is 27.2 Å². The number of hydrogen-bond donors (Lipinski definition) is 1. The quantitative estimate of drug-likeness (QED) is 0.909. The third kappa shape index (κ3) is 3.17. The summed E-state index contributed by atoms with van der Waals surface area (Å²) in [6, 6.07) is 12.9. The number of carbonyl (C=O) groups is 1. The highest BCUT2D eigenvalue weighted by atomic mass is 16.1. The fourth-order valence-electron chi connectivity index (χ4n) is 1.68. The van der Waals surface area contributed by atoms with Gasteiger partial charge in [0.2, 0.25) is 0 Å². The number of nitriles is 1. The lowest BCUT2D eigenvalue weighted by Gasteiger charge is -2.07. The van der Waals surface area contributed by atoms with Crippen molar-refractivity contribution in [3.8, 4) is 6.07 Å². The van der Waals surface area contributed by atoms with Gasteiger partial charge in [-0.15, -0.1) is 0 Å². The third-order valence-electron chi connectivity index (χ3n) is 2.84. The number of nitrogens with zero attached hydrogens (tertiary/aromatic N) is 2. The van der Waals surface area contributed by atoms with Gasteiger partial charge in [-0.2, -0.15) is 5.26 Å². The number of pyridine rings is 1. The predicted octanol–water partition coefficient (Wildman–Crippen LogP) is 2.19. The second-order valence-electron chi connectivity index (χ2n) is 4.15. The Morgan fingerprint density at radius 3 is 2.74 bits per heavy atom. The van der Waals surface area contributed by atoms with Gasteiger partial charge in [0.05, 0.1) is 5.56 Å². The molecule has 4 nitrogen and oxygen atoms in total. The lowest BCUT2D eigenvalue weighted by atomic mass is 10.1. The first-order valence-electron chi connectivity index (χ1n) is 5.89. The number of rotatable bonds is 3. The summed E-state index contributed by atoms with van der Waals surface area (Å²) in [4.78, 5) is 15.8. The van der Waals surface area contributed by atoms with Crippen LogP contribution in [0.5, 0.6) is 0 Å². The van der Waals surface area contributed by atoms with Crippen LogP contribution >= 0.6 is 0 Å². The zero-order valence-electron chi connectivity index (χ0n) is 10.6. The molecule has 0 atom stereocenters. The van der Waals surface area contributed by atoms with Crippen LogP contribution in [0, 0.1) is 18.3 Å². The molecule has 1 heterocycles. The first kappa shape index (κ1) is 12.8. The summed E-state index contributed by atoms with van der Waals surface area (Å²) in [5.41, 5.74) is 2.97. The van der Waals surface area contributed by atoms with Crippen molar-refractivity contribution in [2.45, 2.75) is 13.5 Å². The molecule has 0 bridgehead atoms. The standard InChI is InChI=1S/C15H13N3O/c1-11-4-2-3-5-12(11)9-18-15(19)13-6-7-14(8-16)17-10-13/h2-7,10H,9H2,1H3,(H,18,19). The van der Waals surface area contributed by atoms with E-state index in [1.54, 1.807) is 6.07 Å². The maximum atomic E-state index is 11.9. The number of hydrogen-bond acceptors (Lipinski definition) is 3. The van der Waals surface area contributed by atoms with Crippen molar-refractivity contribution in [1.29, 1.82) is 5.26 Å². The van der Waals surface area contributed by atoms with Crippen molar-refractivity contribution < 1.29 is 4.79 Å². The van der Waals surface area contributed by atoms with E-state index < -0.39 is 0 Å². The van der Waals surface area contributed by atoms with Gasteiger partial charge in [-0.05, 0) is 30.2 Å². The molecule has 1 aromatic heterocycles. The lowest BCUT2D eigenvalue weighted by molar-refractivity contribution is 0.0950. The molecule has 4 heteroatoms. The molecule has 0 aliphatic heterocycles. The van der Waals surface area contributed by atoms with Crippen LogP contribution < -0.4 is 5.32 Å². The monoisotopic (exact) mass is 251 g/mol. The van der Waals surface area contributed by atoms with Crippen molar-refractivity contribution in [3.63, 3.8) is 0 Å². The summed E-state index contributed by atoms with van der Waals surface area (Å²) in [5, 5.41) is 11.5. The predicted molar refractivity (Wildman–Crippen MR) is 71.3 cm³/mol. The Bertz CT molecular complexity index is 627. The molecule has 1 aromatic carbocycles. The minimum atomic E-state index is -0.194. The molecule has 19 heavy (non-hydrogen) atoms. The molecule has 0 aliphatic carbocycles. The Morgan fingerprint density at radius 2 is 2.11 bits per heavy atom. The first-order valence-corrected chi connectivity index (χ1v) is 5.89. The molecule has 1 amide bonds. The molecule has 2 aromatic rings. The Labute approximate surface area is 111 Å². The normalized spacial score (nSPS) is 9.68. The number of aryl methyl sites for hydroxylation is 1. The molecule has 0 radical (unpaired) electrons. The van der Waals surface area contributed by atoms with Crippen molar-refractivity contribution in [2.75, 3.05) is 0 Å². The summed E-state index contributed by atoms with van der Waals surface area (Å²) in [6.45, 7) is 2.48. The summed E-state index contributed by atoms with van der Waals surface area (Å²) in [5.74, 6) is -0.194. The fourth-order valence-corrected chi connectivity index (χ4v) is 1.68. The average Bonchev–Trinajstić information content (AvgIpc) is 2.46. The molecule has 0 unspecified atom stereocenters. The number of carbonyl (C=O) groups excluding carboxylic acids is 1. The minimum Gasteiger partial charge on any atom is -0.348 e. The van der Waals surface area contributed by atoms with E-state index in [4.69, 9.17) is 5.26 Å². The SMILES string of the molecule is Cc1ccccc1CNC(=O)c1ccc(C#N)nc1. The Kier molecular flexibility index (Phi) is 3.89. The fraction of sp³-hybridized carbons (Fsp3) is 0.133. The zero-order chi connectivity index (χ0) is 13.7. The van der Waals surface area contributed by atoms with Crippen molar-refractivity contribution in [3.05, 3.63) is 65.0 Å². The largest absolute Gasteiger partial charge is 0.348 e. The van der Waals surface area contributed by atoms with E-state index in [2.05, 4.69) is 10.3 Å². The molecule has 0 saturated carbocycles. The highest BCUT2D eigenvalue weighted by Crippen LogP contribution is 2.07. The second kappa shape index (κ2) is 5.78. The highest BCUT2D eigenvalue weighted by Gasteiger charge is 2.06. The number of aromatic nitrogens is 1. The molecular weight excluding hydrogens is 238 g/mol. The van der Waals surface area contributed by atoms with Gasteiger partial charge in [-0.25, -0.2) is 4.98 Å². The Morgan fingerprint density at radius 1 is 1.32 bits per heavy atom. The maximum absolute atomic E-state index is 11.9. The number of amides is 1. The van der Waals surface area contributed by atoms with Crippen LogP contribution in [0.2, 0.25) is 0 Å². The summed E-state index contributed by atoms with van der Waals surface area (Å²) in [7, 11) is 0. The van der Waals surface area contributed by atoms with Gasteiger partial charge in [0.15, 0.2) is 0 Å². The topological polar surface area (TPSA) is 65.8 Å². The molecule has 2 rings (SSSR count). The van der Waals surface area contributed by atoms with Gasteiger partial charge in [-0.1, -0.05) is 24.3 Å². The van der Waals surface area contributed by atoms with Crippen molar-refractivity contribution in [2.24, 2.45) is 0 Å². The highest BCUT2D eigenvalue weighted by molar-refractivity contribution is 5.93. The smallest absolute Gasteiger partial charge is 0.253 e. The maximum Gasteiger partial charge on any atom is 0.253 e. The van der Waals surface area contributed by atoms with Gasteiger partial charge in [0, 0.05) is 12.7 Å². The van der Waals surface area contributed by atoms with Crippen LogP contribution in [0.4, 0.5) is 0 Å². The Balaban J connectivity index is 2.02. The Hall–Kier alpha value is -2.67. The molecule has 1 N–H and O–H groups in total. The van der Waals surface area contributed by atoms with Crippen molar-refractivity contribution >= 4 is 5.91 Å². The van der Waals surface area contributed by atoms with E-state index in [0.717, 1.165) is 11.1 Å². The summed E-state index contributed by atoms with van der Waals surface area (Å²) >= 11 is 0. The molecule has 0 saturated heterocycles. The second-order valence-corrected chi connectivity index (χ2v) is 4.15. The van der Waals surface area contributed by atoms with Gasteiger partial charge < -0.3 is 5.32 Å². The third-order valence-corrected chi connectivity index (χ3v) is 2.84. The lowest BCUT2D eigenvalue weighted by Crippen LogP contribution is -2.23. The van der Waals surface area contributed by atoms with Gasteiger partial charge in [0.25, 0.3) is 5.91 Å². The molecule has 0 spiro atoms. The molecule has 0 fully saturated rings. The molecular formula is C15H13N3O. The zero-order valence-corrected chi connectivity index (χ0v) is 10.6. The van der Waals surface area contributed by atoms with E-state index >= 15 is 0 Å². The summed E-state index contributed by atoms with van der Waals surface area (Å²) < 4.78 is 0. The summed E-state index contributed by atoms with van der Waals surface area (Å²) in [6.07, 6.45) is 1.41. The first-order chi connectivity index (χ1) is 9.20. The average molecular weight is 251 g/mol. The van der Waals surface area contributed by atoms with E-state index in [-0.39, 0.29) is 5.91 Å². The van der Waals surface area contributed by atoms with Crippen LogP contribution in [0.3, 0.4) is 0 Å². The van der Waals surface area contributed by atoms with E-state index in [1.165, 1.54) is 12.3 Å². The van der Waals surface area contributed by atoms with Gasteiger partial charge in [-0.3, -0.25) is 4.79 Å². The van der Waals surface area contributed by atoms with E-state index in [9.17, 15) is 4.79 Å². The minimum absolute atomic E-state index is 0.194.